The second-order valence-electron chi connectivity index (χ2n) is 4.89. The monoisotopic (exact) mass is 295 g/mol. The zero-order chi connectivity index (χ0) is 15.4. The van der Waals surface area contributed by atoms with Crippen LogP contribution in [0.5, 0.6) is 0 Å². The molecule has 6 nitrogen and oxygen atoms in total. The lowest BCUT2D eigenvalue weighted by molar-refractivity contribution is 0.102. The van der Waals surface area contributed by atoms with Gasteiger partial charge in [0.15, 0.2) is 11.5 Å². The van der Waals surface area contributed by atoms with E-state index in [1.807, 2.05) is 43.5 Å². The van der Waals surface area contributed by atoms with Gasteiger partial charge in [0.1, 0.15) is 0 Å². The van der Waals surface area contributed by atoms with Gasteiger partial charge < -0.3 is 5.32 Å². The average Bonchev–Trinajstić information content (AvgIpc) is 3.17. The van der Waals surface area contributed by atoms with E-state index in [1.165, 1.54) is 0 Å². The van der Waals surface area contributed by atoms with Gasteiger partial charge in [-0.15, -0.1) is 0 Å². The molecule has 2 heterocycles. The highest BCUT2D eigenvalue weighted by atomic mass is 16.2. The summed E-state index contributed by atoms with van der Waals surface area (Å²) in [6.45, 7) is 3.38. The Hall–Kier alpha value is -2.89. The van der Waals surface area contributed by atoms with Gasteiger partial charge in [-0.2, -0.15) is 10.2 Å². The Morgan fingerprint density at radius 1 is 1.05 bits per heavy atom. The van der Waals surface area contributed by atoms with Gasteiger partial charge in [-0.05, 0) is 18.6 Å². The van der Waals surface area contributed by atoms with Gasteiger partial charge >= 0.3 is 0 Å². The molecule has 0 saturated carbocycles. The fourth-order valence-corrected chi connectivity index (χ4v) is 2.13. The van der Waals surface area contributed by atoms with Crippen LogP contribution in [-0.4, -0.2) is 25.5 Å². The summed E-state index contributed by atoms with van der Waals surface area (Å²) >= 11 is 0. The highest BCUT2D eigenvalue weighted by Gasteiger charge is 2.11. The van der Waals surface area contributed by atoms with Crippen molar-refractivity contribution in [1.29, 1.82) is 0 Å². The number of nitrogens with one attached hydrogen (secondary N) is 1. The topological polar surface area (TPSA) is 64.7 Å². The molecule has 1 aromatic carbocycles. The Morgan fingerprint density at radius 3 is 2.55 bits per heavy atom. The number of hydrogen-bond acceptors (Lipinski definition) is 3. The second kappa shape index (κ2) is 6.26. The van der Waals surface area contributed by atoms with Crippen LogP contribution in [0.25, 0.3) is 0 Å². The SMILES string of the molecule is CCn1ccc(C(=O)Nc2ccn(Cc3ccccc3)n2)n1. The molecule has 0 spiro atoms. The molecule has 0 unspecified atom stereocenters. The van der Waals surface area contributed by atoms with Crippen molar-refractivity contribution in [3.8, 4) is 0 Å². The number of hydrogen-bond donors (Lipinski definition) is 1. The molecule has 0 bridgehead atoms. The smallest absolute Gasteiger partial charge is 0.277 e. The first-order chi connectivity index (χ1) is 10.7. The predicted molar refractivity (Wildman–Crippen MR) is 83.6 cm³/mol. The van der Waals surface area contributed by atoms with Crippen molar-refractivity contribution in [2.24, 2.45) is 0 Å². The third-order valence-electron chi connectivity index (χ3n) is 3.27. The summed E-state index contributed by atoms with van der Waals surface area (Å²) in [6.07, 6.45) is 3.62. The molecule has 0 aliphatic heterocycles. The summed E-state index contributed by atoms with van der Waals surface area (Å²) in [6, 6.07) is 13.5. The van der Waals surface area contributed by atoms with Crippen LogP contribution >= 0.6 is 0 Å². The zero-order valence-corrected chi connectivity index (χ0v) is 12.3. The highest BCUT2D eigenvalue weighted by Crippen LogP contribution is 2.08. The molecule has 3 rings (SSSR count). The Morgan fingerprint density at radius 2 is 1.82 bits per heavy atom. The zero-order valence-electron chi connectivity index (χ0n) is 12.3. The van der Waals surface area contributed by atoms with Crippen LogP contribution in [0.2, 0.25) is 0 Å². The number of benzene rings is 1. The van der Waals surface area contributed by atoms with Crippen LogP contribution in [0.1, 0.15) is 23.0 Å². The average molecular weight is 295 g/mol. The minimum Gasteiger partial charge on any atom is -0.304 e. The number of amides is 1. The van der Waals surface area contributed by atoms with Gasteiger partial charge in [0.25, 0.3) is 5.91 Å². The van der Waals surface area contributed by atoms with Gasteiger partial charge in [0.05, 0.1) is 6.54 Å². The van der Waals surface area contributed by atoms with Crippen molar-refractivity contribution < 1.29 is 4.79 Å². The van der Waals surface area contributed by atoms with Crippen molar-refractivity contribution >= 4 is 11.7 Å². The van der Waals surface area contributed by atoms with E-state index in [0.717, 1.165) is 12.1 Å². The quantitative estimate of drug-likeness (QED) is 0.786. The van der Waals surface area contributed by atoms with Crippen molar-refractivity contribution in [2.45, 2.75) is 20.0 Å². The maximum atomic E-state index is 12.1. The van der Waals surface area contributed by atoms with Crippen LogP contribution in [0, 0.1) is 0 Å². The molecule has 0 atom stereocenters. The van der Waals surface area contributed by atoms with Gasteiger partial charge in [0, 0.05) is 25.0 Å². The van der Waals surface area contributed by atoms with Crippen molar-refractivity contribution in [2.75, 3.05) is 5.32 Å². The molecule has 1 amide bonds. The molecule has 22 heavy (non-hydrogen) atoms. The van der Waals surface area contributed by atoms with Gasteiger partial charge in [-0.1, -0.05) is 30.3 Å². The number of carbonyl (C=O) groups excluding carboxylic acids is 1. The molecule has 0 aliphatic rings. The lowest BCUT2D eigenvalue weighted by Crippen LogP contribution is -2.14. The van der Waals surface area contributed by atoms with E-state index < -0.39 is 0 Å². The molecule has 2 aromatic heterocycles. The van der Waals surface area contributed by atoms with Crippen molar-refractivity contribution in [3.05, 3.63) is 66.1 Å². The number of rotatable bonds is 5. The standard InChI is InChI=1S/C16H17N5O/c1-2-20-10-8-14(18-20)16(22)17-15-9-11-21(19-15)12-13-6-4-3-5-7-13/h3-11H,2,12H2,1H3,(H,17,19,22). The fourth-order valence-electron chi connectivity index (χ4n) is 2.13. The summed E-state index contributed by atoms with van der Waals surface area (Å²) in [5.74, 6) is 0.268. The number of anilines is 1. The summed E-state index contributed by atoms with van der Waals surface area (Å²) in [5, 5.41) is 11.3. The third-order valence-corrected chi connectivity index (χ3v) is 3.27. The molecule has 3 aromatic rings. The van der Waals surface area contributed by atoms with Gasteiger partial charge in [-0.25, -0.2) is 0 Å². The second-order valence-corrected chi connectivity index (χ2v) is 4.89. The van der Waals surface area contributed by atoms with Crippen molar-refractivity contribution in [1.82, 2.24) is 19.6 Å². The molecule has 112 valence electrons. The minimum atomic E-state index is -0.253. The molecule has 0 radical (unpaired) electrons. The predicted octanol–water partition coefficient (Wildman–Crippen LogP) is 2.40. The van der Waals surface area contributed by atoms with E-state index >= 15 is 0 Å². The number of aromatic nitrogens is 4. The normalized spacial score (nSPS) is 10.6. The highest BCUT2D eigenvalue weighted by molar-refractivity contribution is 6.02. The number of aryl methyl sites for hydroxylation is 1. The lowest BCUT2D eigenvalue weighted by atomic mass is 10.2. The van der Waals surface area contributed by atoms with Crippen LogP contribution < -0.4 is 5.32 Å². The van der Waals surface area contributed by atoms with E-state index in [2.05, 4.69) is 15.5 Å². The number of nitrogens with zero attached hydrogens (tertiary/aromatic N) is 4. The molecule has 0 saturated heterocycles. The first-order valence-corrected chi connectivity index (χ1v) is 7.17. The molecule has 1 N–H and O–H groups in total. The molecular formula is C16H17N5O. The Balaban J connectivity index is 1.65. The molecule has 6 heteroatoms. The summed E-state index contributed by atoms with van der Waals surface area (Å²) in [5.41, 5.74) is 1.55. The maximum absolute atomic E-state index is 12.1. The van der Waals surface area contributed by atoms with E-state index in [0.29, 0.717) is 18.1 Å². The number of carbonyl (C=O) groups is 1. The van der Waals surface area contributed by atoms with Crippen LogP contribution in [0.15, 0.2) is 54.9 Å². The summed E-state index contributed by atoms with van der Waals surface area (Å²) < 4.78 is 3.50. The molecule has 0 fully saturated rings. The van der Waals surface area contributed by atoms with Crippen LogP contribution in [0.4, 0.5) is 5.82 Å². The largest absolute Gasteiger partial charge is 0.304 e. The molecule has 0 aliphatic carbocycles. The third kappa shape index (κ3) is 3.22. The van der Waals surface area contributed by atoms with Gasteiger partial charge in [-0.3, -0.25) is 14.2 Å². The summed E-state index contributed by atoms with van der Waals surface area (Å²) in [7, 11) is 0. The summed E-state index contributed by atoms with van der Waals surface area (Å²) in [4.78, 5) is 12.1. The van der Waals surface area contributed by atoms with Crippen LogP contribution in [-0.2, 0) is 13.1 Å². The molecular weight excluding hydrogens is 278 g/mol. The van der Waals surface area contributed by atoms with Gasteiger partial charge in [0.2, 0.25) is 0 Å². The first kappa shape index (κ1) is 14.1. The lowest BCUT2D eigenvalue weighted by Gasteiger charge is -2.02. The van der Waals surface area contributed by atoms with E-state index in [9.17, 15) is 4.79 Å². The fraction of sp³-hybridized carbons (Fsp3) is 0.188. The first-order valence-electron chi connectivity index (χ1n) is 7.17. The maximum Gasteiger partial charge on any atom is 0.277 e. The Labute approximate surface area is 128 Å². The Bertz CT molecular complexity index is 760. The van der Waals surface area contributed by atoms with Crippen molar-refractivity contribution in [3.63, 3.8) is 0 Å². The van der Waals surface area contributed by atoms with Crippen LogP contribution in [0.3, 0.4) is 0 Å². The minimum absolute atomic E-state index is 0.253. The van der Waals surface area contributed by atoms with E-state index in [1.54, 1.807) is 27.7 Å². The van der Waals surface area contributed by atoms with E-state index in [4.69, 9.17) is 0 Å². The Kier molecular flexibility index (Phi) is 4.00. The van der Waals surface area contributed by atoms with E-state index in [-0.39, 0.29) is 5.91 Å².